The molecule has 2 fully saturated rings. The van der Waals surface area contributed by atoms with E-state index in [9.17, 15) is 4.79 Å². The van der Waals surface area contributed by atoms with Crippen LogP contribution in [-0.4, -0.2) is 37.0 Å². The molecule has 5 heteroatoms. The maximum atomic E-state index is 11.7. The summed E-state index contributed by atoms with van der Waals surface area (Å²) in [5.74, 6) is 2.11. The van der Waals surface area contributed by atoms with E-state index in [0.29, 0.717) is 18.3 Å². The molecule has 1 aliphatic carbocycles. The Hall–Kier alpha value is -2.04. The molecule has 2 atom stereocenters. The molecule has 0 radical (unpaired) electrons. The summed E-state index contributed by atoms with van der Waals surface area (Å²) >= 11 is 6.14. The summed E-state index contributed by atoms with van der Waals surface area (Å²) in [6, 6.07) is 14.6. The van der Waals surface area contributed by atoms with Crippen LogP contribution in [0.5, 0.6) is 5.75 Å². The van der Waals surface area contributed by atoms with E-state index >= 15 is 0 Å². The van der Waals surface area contributed by atoms with Crippen molar-refractivity contribution in [3.05, 3.63) is 58.6 Å². The van der Waals surface area contributed by atoms with Gasteiger partial charge in [-0.1, -0.05) is 43.1 Å². The van der Waals surface area contributed by atoms with Gasteiger partial charge in [0.15, 0.2) is 0 Å². The van der Waals surface area contributed by atoms with Gasteiger partial charge in [-0.3, -0.25) is 4.79 Å². The third-order valence-electron chi connectivity index (χ3n) is 7.93. The lowest BCUT2D eigenvalue weighted by molar-refractivity contribution is -0.116. The molecule has 32 heavy (non-hydrogen) atoms. The third kappa shape index (κ3) is 4.53. The van der Waals surface area contributed by atoms with Crippen LogP contribution < -0.4 is 10.1 Å². The Morgan fingerprint density at radius 2 is 1.97 bits per heavy atom. The number of nitrogens with zero attached hydrogens (tertiary/aromatic N) is 1. The van der Waals surface area contributed by atoms with E-state index in [2.05, 4.69) is 35.3 Å². The van der Waals surface area contributed by atoms with Gasteiger partial charge in [-0.15, -0.1) is 0 Å². The smallest absolute Gasteiger partial charge is 0.224 e. The van der Waals surface area contributed by atoms with Crippen LogP contribution in [-0.2, 0) is 16.6 Å². The second-order valence-electron chi connectivity index (χ2n) is 10.1. The number of fused-ring (bicyclic) bond motifs is 1. The number of likely N-dealkylation sites (tertiary alicyclic amines) is 1. The van der Waals surface area contributed by atoms with E-state index in [1.807, 2.05) is 24.3 Å². The second-order valence-corrected chi connectivity index (χ2v) is 10.5. The maximum absolute atomic E-state index is 11.7. The monoisotopic (exact) mass is 452 g/mol. The van der Waals surface area contributed by atoms with Crippen molar-refractivity contribution in [1.82, 2.24) is 4.90 Å². The summed E-state index contributed by atoms with van der Waals surface area (Å²) in [4.78, 5) is 14.4. The fourth-order valence-electron chi connectivity index (χ4n) is 5.60. The average molecular weight is 453 g/mol. The highest BCUT2D eigenvalue weighted by molar-refractivity contribution is 6.30. The SMILES string of the molecule is CC1CCN(CC2(c3ccc(Cl)cc3)CCC2)CC1COc1ccc2c(c1)NC(=O)CC2. The number of halogens is 1. The molecular formula is C27H33ClN2O2. The van der Waals surface area contributed by atoms with Crippen molar-refractivity contribution in [2.24, 2.45) is 11.8 Å². The van der Waals surface area contributed by atoms with E-state index in [4.69, 9.17) is 16.3 Å². The topological polar surface area (TPSA) is 41.6 Å². The lowest BCUT2D eigenvalue weighted by Gasteiger charge is -2.48. The highest BCUT2D eigenvalue weighted by atomic mass is 35.5. The average Bonchev–Trinajstić information content (AvgIpc) is 2.77. The number of carbonyl (C=O) groups excluding carboxylic acids is 1. The summed E-state index contributed by atoms with van der Waals surface area (Å²) in [7, 11) is 0. The van der Waals surface area contributed by atoms with Gasteiger partial charge in [-0.05, 0) is 67.5 Å². The number of benzene rings is 2. The number of anilines is 1. The van der Waals surface area contributed by atoms with E-state index in [0.717, 1.165) is 49.1 Å². The zero-order valence-corrected chi connectivity index (χ0v) is 19.7. The number of ether oxygens (including phenoxy) is 1. The van der Waals surface area contributed by atoms with Crippen LogP contribution in [0, 0.1) is 11.8 Å². The van der Waals surface area contributed by atoms with Crippen LogP contribution in [0.2, 0.25) is 5.02 Å². The Morgan fingerprint density at radius 1 is 1.16 bits per heavy atom. The molecule has 1 amide bonds. The van der Waals surface area contributed by atoms with Crippen LogP contribution in [0.25, 0.3) is 0 Å². The van der Waals surface area contributed by atoms with Crippen molar-refractivity contribution in [3.63, 3.8) is 0 Å². The van der Waals surface area contributed by atoms with Gasteiger partial charge in [0.05, 0.1) is 6.61 Å². The largest absolute Gasteiger partial charge is 0.493 e. The zero-order valence-electron chi connectivity index (χ0n) is 18.9. The fraction of sp³-hybridized carbons (Fsp3) is 0.519. The molecule has 1 N–H and O–H groups in total. The molecule has 4 nitrogen and oxygen atoms in total. The number of carbonyl (C=O) groups is 1. The fourth-order valence-corrected chi connectivity index (χ4v) is 5.73. The van der Waals surface area contributed by atoms with Gasteiger partial charge in [0.25, 0.3) is 0 Å². The molecular weight excluding hydrogens is 420 g/mol. The highest BCUT2D eigenvalue weighted by Gasteiger charge is 2.41. The van der Waals surface area contributed by atoms with Crippen molar-refractivity contribution < 1.29 is 9.53 Å². The number of nitrogens with one attached hydrogen (secondary N) is 1. The zero-order chi connectivity index (χ0) is 22.1. The number of rotatable bonds is 6. The van der Waals surface area contributed by atoms with E-state index in [-0.39, 0.29) is 11.3 Å². The number of hydrogen-bond donors (Lipinski definition) is 1. The van der Waals surface area contributed by atoms with E-state index < -0.39 is 0 Å². The van der Waals surface area contributed by atoms with Gasteiger partial charge in [-0.2, -0.15) is 0 Å². The van der Waals surface area contributed by atoms with Gasteiger partial charge < -0.3 is 15.0 Å². The number of hydrogen-bond acceptors (Lipinski definition) is 3. The highest BCUT2D eigenvalue weighted by Crippen LogP contribution is 2.45. The molecule has 0 aromatic heterocycles. The molecule has 170 valence electrons. The van der Waals surface area contributed by atoms with Crippen LogP contribution in [0.4, 0.5) is 5.69 Å². The first kappa shape index (κ1) is 21.8. The lowest BCUT2D eigenvalue weighted by Crippen LogP contribution is -2.50. The Labute approximate surface area is 196 Å². The Bertz CT molecular complexity index is 970. The van der Waals surface area contributed by atoms with Crippen molar-refractivity contribution in [1.29, 1.82) is 0 Å². The normalized spacial score (nSPS) is 24.9. The van der Waals surface area contributed by atoms with Gasteiger partial charge in [-0.25, -0.2) is 0 Å². The Balaban J connectivity index is 1.22. The molecule has 2 aromatic rings. The summed E-state index contributed by atoms with van der Waals surface area (Å²) in [6.45, 7) is 6.45. The minimum atomic E-state index is 0.0943. The van der Waals surface area contributed by atoms with Crippen LogP contribution in [0.1, 0.15) is 50.2 Å². The van der Waals surface area contributed by atoms with Crippen molar-refractivity contribution in [2.45, 2.75) is 50.9 Å². The molecule has 1 saturated carbocycles. The summed E-state index contributed by atoms with van der Waals surface area (Å²) in [5.41, 5.74) is 3.83. The summed E-state index contributed by atoms with van der Waals surface area (Å²) in [6.07, 6.45) is 6.44. The standard InChI is InChI=1S/C27H33ClN2O2/c1-19-11-14-30(18-27(12-2-13-27)22-5-7-23(28)8-6-22)16-21(19)17-32-24-9-3-20-4-10-26(31)29-25(20)15-24/h3,5-9,15,19,21H,2,4,10-14,16-18H2,1H3,(H,29,31). The van der Waals surface area contributed by atoms with Crippen molar-refractivity contribution >= 4 is 23.2 Å². The first-order valence-electron chi connectivity index (χ1n) is 12.0. The maximum Gasteiger partial charge on any atom is 0.224 e. The number of aryl methyl sites for hydroxylation is 1. The van der Waals surface area contributed by atoms with E-state index in [1.165, 1.54) is 36.8 Å². The summed E-state index contributed by atoms with van der Waals surface area (Å²) in [5, 5.41) is 3.79. The first-order chi connectivity index (χ1) is 15.5. The van der Waals surface area contributed by atoms with Gasteiger partial charge in [0.1, 0.15) is 5.75 Å². The second kappa shape index (κ2) is 9.07. The molecule has 2 heterocycles. The van der Waals surface area contributed by atoms with Gasteiger partial charge >= 0.3 is 0 Å². The summed E-state index contributed by atoms with van der Waals surface area (Å²) < 4.78 is 6.24. The molecule has 2 aromatic carbocycles. The van der Waals surface area contributed by atoms with Crippen molar-refractivity contribution in [3.8, 4) is 5.75 Å². The molecule has 0 bridgehead atoms. The third-order valence-corrected chi connectivity index (χ3v) is 8.18. The van der Waals surface area contributed by atoms with Crippen LogP contribution >= 0.6 is 11.6 Å². The first-order valence-corrected chi connectivity index (χ1v) is 12.4. The van der Waals surface area contributed by atoms with Gasteiger partial charge in [0.2, 0.25) is 5.91 Å². The minimum Gasteiger partial charge on any atom is -0.493 e. The molecule has 2 unspecified atom stereocenters. The van der Waals surface area contributed by atoms with Crippen molar-refractivity contribution in [2.75, 3.05) is 31.6 Å². The number of piperidine rings is 1. The quantitative estimate of drug-likeness (QED) is 0.612. The number of amides is 1. The predicted octanol–water partition coefficient (Wildman–Crippen LogP) is 5.68. The molecule has 2 aliphatic heterocycles. The van der Waals surface area contributed by atoms with Crippen LogP contribution in [0.15, 0.2) is 42.5 Å². The van der Waals surface area contributed by atoms with E-state index in [1.54, 1.807) is 0 Å². The molecule has 3 aliphatic rings. The lowest BCUT2D eigenvalue weighted by atomic mass is 9.64. The Morgan fingerprint density at radius 3 is 2.72 bits per heavy atom. The van der Waals surface area contributed by atoms with Gasteiger partial charge in [0, 0.05) is 47.6 Å². The van der Waals surface area contributed by atoms with Crippen LogP contribution in [0.3, 0.4) is 0 Å². The molecule has 5 rings (SSSR count). The molecule has 1 saturated heterocycles. The minimum absolute atomic E-state index is 0.0943. The Kier molecular flexibility index (Phi) is 6.18. The molecule has 0 spiro atoms. The predicted molar refractivity (Wildman–Crippen MR) is 130 cm³/mol.